The minimum Gasteiger partial charge on any atom is -0.465 e. The van der Waals surface area contributed by atoms with Gasteiger partial charge in [0.2, 0.25) is 0 Å². The van der Waals surface area contributed by atoms with Gasteiger partial charge >= 0.3 is 11.9 Å². The number of aliphatic hydroxyl groups is 2. The summed E-state index contributed by atoms with van der Waals surface area (Å²) in [5.74, 6) is -0.686. The van der Waals surface area contributed by atoms with Gasteiger partial charge in [-0.25, -0.2) is 0 Å². The number of hydrogen-bond acceptors (Lipinski definition) is 6. The number of carbonyl (C=O) groups is 2. The predicted octanol–water partition coefficient (Wildman–Crippen LogP) is 4.55. The molecule has 2 N–H and O–H groups in total. The van der Waals surface area contributed by atoms with Gasteiger partial charge in [-0.1, -0.05) is 78.1 Å². The Balaban J connectivity index is 4.05. The lowest BCUT2D eigenvalue weighted by atomic mass is 9.92. The molecule has 0 aromatic heterocycles. The summed E-state index contributed by atoms with van der Waals surface area (Å²) in [5, 5.41) is 19.3. The highest BCUT2D eigenvalue weighted by atomic mass is 16.5. The van der Waals surface area contributed by atoms with E-state index in [1.807, 2.05) is 0 Å². The summed E-state index contributed by atoms with van der Waals surface area (Å²) >= 11 is 0. The van der Waals surface area contributed by atoms with Crippen LogP contribution in [0.1, 0.15) is 104 Å². The van der Waals surface area contributed by atoms with Gasteiger partial charge < -0.3 is 19.7 Å². The Hall–Kier alpha value is -1.14. The molecule has 29 heavy (non-hydrogen) atoms. The van der Waals surface area contributed by atoms with Crippen molar-refractivity contribution in [2.24, 2.45) is 5.41 Å². The summed E-state index contributed by atoms with van der Waals surface area (Å²) in [6, 6.07) is 0. The average molecular weight is 417 g/mol. The molecule has 172 valence electrons. The standard InChI is InChI=1S/C23H44O6/c1-3-5-7-9-10-12-14-16-22(27)29-20-23(17-24,18-25)19-28-21(26)15-13-11-8-6-4-2/h24-25H,3-20H2,1-2H3. The van der Waals surface area contributed by atoms with Crippen molar-refractivity contribution in [1.82, 2.24) is 0 Å². The van der Waals surface area contributed by atoms with Crippen LogP contribution in [0, 0.1) is 5.41 Å². The van der Waals surface area contributed by atoms with E-state index in [4.69, 9.17) is 9.47 Å². The van der Waals surface area contributed by atoms with Crippen LogP contribution in [0.25, 0.3) is 0 Å². The van der Waals surface area contributed by atoms with E-state index in [0.717, 1.165) is 51.4 Å². The molecule has 0 aromatic carbocycles. The van der Waals surface area contributed by atoms with Crippen molar-refractivity contribution in [3.63, 3.8) is 0 Å². The highest BCUT2D eigenvalue weighted by Crippen LogP contribution is 2.19. The van der Waals surface area contributed by atoms with Crippen LogP contribution in [0.2, 0.25) is 0 Å². The third-order valence-corrected chi connectivity index (χ3v) is 5.22. The van der Waals surface area contributed by atoms with Crippen LogP contribution in [-0.2, 0) is 19.1 Å². The topological polar surface area (TPSA) is 93.1 Å². The largest absolute Gasteiger partial charge is 0.465 e. The first-order valence-corrected chi connectivity index (χ1v) is 11.6. The lowest BCUT2D eigenvalue weighted by Crippen LogP contribution is -2.41. The first kappa shape index (κ1) is 27.9. The van der Waals surface area contributed by atoms with Crippen molar-refractivity contribution in [2.45, 2.75) is 104 Å². The molecule has 0 aromatic rings. The second-order valence-electron chi connectivity index (χ2n) is 8.17. The molecule has 0 atom stereocenters. The molecule has 6 nitrogen and oxygen atoms in total. The van der Waals surface area contributed by atoms with E-state index in [9.17, 15) is 19.8 Å². The van der Waals surface area contributed by atoms with Crippen molar-refractivity contribution < 1.29 is 29.3 Å². The molecular weight excluding hydrogens is 372 g/mol. The molecule has 0 unspecified atom stereocenters. The highest BCUT2D eigenvalue weighted by molar-refractivity contribution is 5.69. The SMILES string of the molecule is CCCCCCCCCC(=O)OCC(CO)(CO)COC(=O)CCCCCCC. The van der Waals surface area contributed by atoms with Crippen LogP contribution in [0.5, 0.6) is 0 Å². The number of aliphatic hydroxyl groups excluding tert-OH is 2. The molecule has 0 radical (unpaired) electrons. The molecule has 0 rings (SSSR count). The second kappa shape index (κ2) is 18.9. The number of esters is 2. The molecule has 0 amide bonds. The Kier molecular flexibility index (Phi) is 18.1. The van der Waals surface area contributed by atoms with Crippen molar-refractivity contribution in [3.05, 3.63) is 0 Å². The monoisotopic (exact) mass is 416 g/mol. The Labute approximate surface area is 177 Å². The number of carbonyl (C=O) groups excluding carboxylic acids is 2. The molecule has 0 aliphatic carbocycles. The molecule has 0 aliphatic rings. The quantitative estimate of drug-likeness (QED) is 0.223. The lowest BCUT2D eigenvalue weighted by Gasteiger charge is -2.28. The summed E-state index contributed by atoms with van der Waals surface area (Å²) in [7, 11) is 0. The van der Waals surface area contributed by atoms with E-state index in [0.29, 0.717) is 12.8 Å². The van der Waals surface area contributed by atoms with E-state index < -0.39 is 18.6 Å². The number of ether oxygens (including phenoxy) is 2. The Morgan fingerprint density at radius 3 is 1.31 bits per heavy atom. The molecular formula is C23H44O6. The van der Waals surface area contributed by atoms with Gasteiger partial charge in [0.15, 0.2) is 0 Å². The number of rotatable bonds is 20. The molecule has 0 bridgehead atoms. The molecule has 0 spiro atoms. The van der Waals surface area contributed by atoms with Crippen LogP contribution >= 0.6 is 0 Å². The van der Waals surface area contributed by atoms with E-state index in [-0.39, 0.29) is 25.2 Å². The summed E-state index contributed by atoms with van der Waals surface area (Å²) < 4.78 is 10.5. The van der Waals surface area contributed by atoms with Crippen LogP contribution in [0.15, 0.2) is 0 Å². The van der Waals surface area contributed by atoms with Gasteiger partial charge in [-0.15, -0.1) is 0 Å². The van der Waals surface area contributed by atoms with Gasteiger partial charge in [0.25, 0.3) is 0 Å². The summed E-state index contributed by atoms with van der Waals surface area (Å²) in [4.78, 5) is 23.8. The van der Waals surface area contributed by atoms with E-state index in [1.165, 1.54) is 25.7 Å². The zero-order valence-electron chi connectivity index (χ0n) is 18.8. The first-order valence-electron chi connectivity index (χ1n) is 11.6. The van der Waals surface area contributed by atoms with E-state index in [1.54, 1.807) is 0 Å². The number of hydrogen-bond donors (Lipinski definition) is 2. The van der Waals surface area contributed by atoms with Crippen LogP contribution in [0.3, 0.4) is 0 Å². The van der Waals surface area contributed by atoms with Crippen LogP contribution < -0.4 is 0 Å². The zero-order chi connectivity index (χ0) is 21.8. The maximum Gasteiger partial charge on any atom is 0.305 e. The van der Waals surface area contributed by atoms with E-state index >= 15 is 0 Å². The molecule has 0 fully saturated rings. The first-order chi connectivity index (χ1) is 14.0. The van der Waals surface area contributed by atoms with Gasteiger partial charge in [0.1, 0.15) is 13.2 Å². The van der Waals surface area contributed by atoms with Crippen molar-refractivity contribution >= 4 is 11.9 Å². The van der Waals surface area contributed by atoms with Crippen LogP contribution in [-0.4, -0.2) is 48.6 Å². The summed E-state index contributed by atoms with van der Waals surface area (Å²) in [6.45, 7) is 3.18. The van der Waals surface area contributed by atoms with Gasteiger partial charge in [-0.2, -0.15) is 0 Å². The smallest absolute Gasteiger partial charge is 0.305 e. The average Bonchev–Trinajstić information content (AvgIpc) is 2.73. The lowest BCUT2D eigenvalue weighted by molar-refractivity contribution is -0.159. The fourth-order valence-electron chi connectivity index (χ4n) is 2.99. The predicted molar refractivity (Wildman–Crippen MR) is 115 cm³/mol. The third kappa shape index (κ3) is 15.4. The summed E-state index contributed by atoms with van der Waals surface area (Å²) in [5.41, 5.74) is -1.15. The normalized spacial score (nSPS) is 11.4. The highest BCUT2D eigenvalue weighted by Gasteiger charge is 2.32. The second-order valence-corrected chi connectivity index (χ2v) is 8.17. The van der Waals surface area contributed by atoms with Gasteiger partial charge in [0, 0.05) is 12.8 Å². The van der Waals surface area contributed by atoms with Crippen molar-refractivity contribution in [1.29, 1.82) is 0 Å². The minimum absolute atomic E-state index is 0.154. The molecule has 0 heterocycles. The molecule has 0 saturated heterocycles. The van der Waals surface area contributed by atoms with Crippen molar-refractivity contribution in [2.75, 3.05) is 26.4 Å². The fourth-order valence-corrected chi connectivity index (χ4v) is 2.99. The van der Waals surface area contributed by atoms with Crippen LogP contribution in [0.4, 0.5) is 0 Å². The Morgan fingerprint density at radius 1 is 0.621 bits per heavy atom. The van der Waals surface area contributed by atoms with Gasteiger partial charge in [-0.3, -0.25) is 9.59 Å². The van der Waals surface area contributed by atoms with Gasteiger partial charge in [0.05, 0.1) is 18.6 Å². The maximum atomic E-state index is 11.9. The third-order valence-electron chi connectivity index (χ3n) is 5.22. The minimum atomic E-state index is -1.15. The summed E-state index contributed by atoms with van der Waals surface area (Å²) in [6.07, 6.45) is 13.7. The zero-order valence-corrected chi connectivity index (χ0v) is 18.8. The molecule has 6 heteroatoms. The Bertz CT molecular complexity index is 406. The fraction of sp³-hybridized carbons (Fsp3) is 0.913. The molecule has 0 saturated carbocycles. The van der Waals surface area contributed by atoms with Crippen molar-refractivity contribution in [3.8, 4) is 0 Å². The van der Waals surface area contributed by atoms with E-state index in [2.05, 4.69) is 13.8 Å². The Morgan fingerprint density at radius 2 is 0.966 bits per heavy atom. The number of unbranched alkanes of at least 4 members (excludes halogenated alkanes) is 10. The van der Waals surface area contributed by atoms with Gasteiger partial charge in [-0.05, 0) is 12.8 Å². The maximum absolute atomic E-state index is 11.9. The molecule has 0 aliphatic heterocycles.